The van der Waals surface area contributed by atoms with E-state index in [1.54, 1.807) is 11.3 Å². The molecule has 1 aromatic rings. The summed E-state index contributed by atoms with van der Waals surface area (Å²) in [5.41, 5.74) is 3.11. The number of rotatable bonds is 3. The quantitative estimate of drug-likeness (QED) is 0.792. The van der Waals surface area contributed by atoms with Gasteiger partial charge in [-0.15, -0.1) is 0 Å². The molecule has 16 heavy (non-hydrogen) atoms. The molecule has 0 bridgehead atoms. The van der Waals surface area contributed by atoms with Gasteiger partial charge in [0.15, 0.2) is 0 Å². The molecule has 0 saturated heterocycles. The molecule has 1 aliphatic carbocycles. The predicted octanol–water partition coefficient (Wildman–Crippen LogP) is 3.79. The number of aryl methyl sites for hydroxylation is 1. The molecule has 2 heteroatoms. The van der Waals surface area contributed by atoms with Crippen molar-refractivity contribution in [1.29, 1.82) is 0 Å². The average molecular weight is 236 g/mol. The molecule has 1 atom stereocenters. The van der Waals surface area contributed by atoms with Crippen molar-refractivity contribution in [3.05, 3.63) is 34.0 Å². The Labute approximate surface area is 102 Å². The van der Waals surface area contributed by atoms with Gasteiger partial charge in [0.1, 0.15) is 0 Å². The van der Waals surface area contributed by atoms with Crippen LogP contribution in [0.4, 0.5) is 0 Å². The highest BCUT2D eigenvalue weighted by Crippen LogP contribution is 2.36. The molecule has 1 aliphatic rings. The van der Waals surface area contributed by atoms with Crippen molar-refractivity contribution in [1.82, 2.24) is 0 Å². The van der Waals surface area contributed by atoms with Crippen LogP contribution in [0.25, 0.3) is 0 Å². The van der Waals surface area contributed by atoms with E-state index in [-0.39, 0.29) is 11.5 Å². The van der Waals surface area contributed by atoms with Crippen LogP contribution >= 0.6 is 11.3 Å². The van der Waals surface area contributed by atoms with Crippen LogP contribution in [-0.4, -0.2) is 11.2 Å². The van der Waals surface area contributed by atoms with Crippen LogP contribution in [0, 0.1) is 5.41 Å². The molecule has 2 rings (SSSR count). The molecule has 0 fully saturated rings. The van der Waals surface area contributed by atoms with E-state index in [4.69, 9.17) is 0 Å². The third-order valence-corrected chi connectivity index (χ3v) is 3.94. The molecular formula is C14H20OS. The second kappa shape index (κ2) is 4.72. The Morgan fingerprint density at radius 2 is 2.25 bits per heavy atom. The lowest BCUT2D eigenvalue weighted by molar-refractivity contribution is 0.137. The number of aliphatic hydroxyl groups excluding tert-OH is 1. The lowest BCUT2D eigenvalue weighted by Crippen LogP contribution is -2.25. The molecule has 1 aromatic heterocycles. The Balaban J connectivity index is 1.94. The van der Waals surface area contributed by atoms with Crippen LogP contribution in [0.2, 0.25) is 0 Å². The number of hydrogen-bond donors (Lipinski definition) is 1. The summed E-state index contributed by atoms with van der Waals surface area (Å²) in [4.78, 5) is 0. The van der Waals surface area contributed by atoms with Gasteiger partial charge in [0, 0.05) is 0 Å². The second-order valence-corrected chi connectivity index (χ2v) is 6.35. The summed E-state index contributed by atoms with van der Waals surface area (Å²) < 4.78 is 0. The summed E-state index contributed by atoms with van der Waals surface area (Å²) in [6.07, 6.45) is 6.07. The first kappa shape index (κ1) is 11.9. The van der Waals surface area contributed by atoms with Crippen molar-refractivity contribution in [2.24, 2.45) is 5.41 Å². The number of thiophene rings is 1. The van der Waals surface area contributed by atoms with E-state index in [9.17, 15) is 5.11 Å². The van der Waals surface area contributed by atoms with Gasteiger partial charge in [-0.1, -0.05) is 25.5 Å². The third kappa shape index (κ3) is 3.19. The fourth-order valence-electron chi connectivity index (χ4n) is 2.55. The summed E-state index contributed by atoms with van der Waals surface area (Å²) in [6, 6.07) is 2.19. The lowest BCUT2D eigenvalue weighted by Gasteiger charge is -2.32. The summed E-state index contributed by atoms with van der Waals surface area (Å²) in [5, 5.41) is 14.1. The van der Waals surface area contributed by atoms with Gasteiger partial charge in [0.2, 0.25) is 0 Å². The van der Waals surface area contributed by atoms with Gasteiger partial charge < -0.3 is 5.11 Å². The van der Waals surface area contributed by atoms with Crippen molar-refractivity contribution in [2.45, 2.75) is 45.6 Å². The van der Waals surface area contributed by atoms with Gasteiger partial charge in [-0.05, 0) is 53.5 Å². The van der Waals surface area contributed by atoms with Crippen LogP contribution in [-0.2, 0) is 6.42 Å². The molecule has 0 aliphatic heterocycles. The van der Waals surface area contributed by atoms with E-state index in [0.29, 0.717) is 0 Å². The Kier molecular flexibility index (Phi) is 3.50. The lowest BCUT2D eigenvalue weighted by atomic mass is 9.75. The standard InChI is InChI=1S/C14H20OS/c1-14(2)8-12(7-13(15)9-14)4-3-11-5-6-16-10-11/h5-7,10,13,15H,3-4,8-9H2,1-2H3. The first-order chi connectivity index (χ1) is 7.55. The molecule has 0 aromatic carbocycles. The molecule has 0 radical (unpaired) electrons. The minimum absolute atomic E-state index is 0.235. The Morgan fingerprint density at radius 3 is 2.88 bits per heavy atom. The van der Waals surface area contributed by atoms with E-state index in [2.05, 4.69) is 36.7 Å². The zero-order chi connectivity index (χ0) is 11.6. The van der Waals surface area contributed by atoms with Gasteiger partial charge >= 0.3 is 0 Å². The maximum Gasteiger partial charge on any atom is 0.0728 e. The van der Waals surface area contributed by atoms with Crippen LogP contribution in [0.15, 0.2) is 28.5 Å². The molecule has 1 heterocycles. The third-order valence-electron chi connectivity index (χ3n) is 3.21. The monoisotopic (exact) mass is 236 g/mol. The molecule has 1 unspecified atom stereocenters. The minimum atomic E-state index is -0.235. The summed E-state index contributed by atoms with van der Waals surface area (Å²) in [6.45, 7) is 4.49. The number of aliphatic hydroxyl groups is 1. The van der Waals surface area contributed by atoms with E-state index >= 15 is 0 Å². The fourth-order valence-corrected chi connectivity index (χ4v) is 3.26. The van der Waals surface area contributed by atoms with Crippen molar-refractivity contribution in [3.63, 3.8) is 0 Å². The summed E-state index contributed by atoms with van der Waals surface area (Å²) in [7, 11) is 0. The summed E-state index contributed by atoms with van der Waals surface area (Å²) in [5.74, 6) is 0. The largest absolute Gasteiger partial charge is 0.389 e. The van der Waals surface area contributed by atoms with E-state index < -0.39 is 0 Å². The molecule has 0 spiro atoms. The van der Waals surface area contributed by atoms with Crippen LogP contribution in [0.3, 0.4) is 0 Å². The molecule has 88 valence electrons. The highest BCUT2D eigenvalue weighted by molar-refractivity contribution is 7.07. The van der Waals surface area contributed by atoms with Gasteiger partial charge in [-0.2, -0.15) is 11.3 Å². The van der Waals surface area contributed by atoms with Crippen molar-refractivity contribution in [2.75, 3.05) is 0 Å². The van der Waals surface area contributed by atoms with E-state index in [1.165, 1.54) is 11.1 Å². The molecule has 0 saturated carbocycles. The highest BCUT2D eigenvalue weighted by Gasteiger charge is 2.27. The number of allylic oxidation sites excluding steroid dienone is 1. The van der Waals surface area contributed by atoms with Crippen molar-refractivity contribution >= 4 is 11.3 Å². The van der Waals surface area contributed by atoms with Gasteiger partial charge in [-0.25, -0.2) is 0 Å². The molecule has 1 nitrogen and oxygen atoms in total. The first-order valence-corrected chi connectivity index (χ1v) is 6.88. The van der Waals surface area contributed by atoms with Crippen LogP contribution < -0.4 is 0 Å². The van der Waals surface area contributed by atoms with E-state index in [1.807, 2.05) is 0 Å². The smallest absolute Gasteiger partial charge is 0.0728 e. The molecular weight excluding hydrogens is 216 g/mol. The second-order valence-electron chi connectivity index (χ2n) is 5.57. The fraction of sp³-hybridized carbons (Fsp3) is 0.571. The van der Waals surface area contributed by atoms with Crippen LogP contribution in [0.5, 0.6) is 0 Å². The van der Waals surface area contributed by atoms with Gasteiger partial charge in [0.05, 0.1) is 6.10 Å². The maximum absolute atomic E-state index is 9.80. The average Bonchev–Trinajstić information content (AvgIpc) is 2.63. The van der Waals surface area contributed by atoms with Crippen LogP contribution in [0.1, 0.15) is 38.7 Å². The van der Waals surface area contributed by atoms with Crippen molar-refractivity contribution in [3.8, 4) is 0 Å². The number of hydrogen-bond acceptors (Lipinski definition) is 2. The Hall–Kier alpha value is -0.600. The van der Waals surface area contributed by atoms with E-state index in [0.717, 1.165) is 25.7 Å². The Bertz CT molecular complexity index is 362. The van der Waals surface area contributed by atoms with Crippen molar-refractivity contribution < 1.29 is 5.11 Å². The molecule has 1 N–H and O–H groups in total. The normalized spacial score (nSPS) is 24.2. The zero-order valence-corrected chi connectivity index (χ0v) is 10.9. The SMILES string of the molecule is CC1(C)CC(CCc2ccsc2)=CC(O)C1. The Morgan fingerprint density at radius 1 is 1.44 bits per heavy atom. The van der Waals surface area contributed by atoms with Gasteiger partial charge in [-0.3, -0.25) is 0 Å². The first-order valence-electron chi connectivity index (χ1n) is 5.94. The topological polar surface area (TPSA) is 20.2 Å². The highest BCUT2D eigenvalue weighted by atomic mass is 32.1. The molecule has 0 amide bonds. The zero-order valence-electron chi connectivity index (χ0n) is 10.1. The summed E-state index contributed by atoms with van der Waals surface area (Å²) >= 11 is 1.76. The minimum Gasteiger partial charge on any atom is -0.389 e. The maximum atomic E-state index is 9.80. The predicted molar refractivity (Wildman–Crippen MR) is 69.7 cm³/mol. The van der Waals surface area contributed by atoms with Gasteiger partial charge in [0.25, 0.3) is 0 Å².